The zero-order valence-corrected chi connectivity index (χ0v) is 10.3. The first-order valence-corrected chi connectivity index (χ1v) is 5.55. The Balaban J connectivity index is 2.33. The van der Waals surface area contributed by atoms with Gasteiger partial charge in [0.1, 0.15) is 11.5 Å². The van der Waals surface area contributed by atoms with E-state index < -0.39 is 6.10 Å². The molecule has 1 aliphatic rings. The maximum absolute atomic E-state index is 12.2. The summed E-state index contributed by atoms with van der Waals surface area (Å²) in [5, 5.41) is 9.21. The number of anilines is 1. The van der Waals surface area contributed by atoms with E-state index in [1.165, 1.54) is 19.1 Å². The number of nitrogen functional groups attached to an aromatic ring is 1. The van der Waals surface area contributed by atoms with Crippen molar-refractivity contribution in [2.75, 3.05) is 33.0 Å². The zero-order valence-electron chi connectivity index (χ0n) is 10.3. The van der Waals surface area contributed by atoms with Crippen LogP contribution in [0, 0.1) is 0 Å². The number of hydrogen-bond acceptors (Lipinski definition) is 5. The molecule has 2 rings (SSSR count). The first-order chi connectivity index (χ1) is 8.56. The molecule has 1 amide bonds. The molecule has 1 heterocycles. The Morgan fingerprint density at radius 3 is 2.56 bits per heavy atom. The van der Waals surface area contributed by atoms with Crippen LogP contribution >= 0.6 is 0 Å². The van der Waals surface area contributed by atoms with Crippen molar-refractivity contribution in [3.8, 4) is 11.5 Å². The quantitative estimate of drug-likeness (QED) is 0.745. The highest BCUT2D eigenvalue weighted by Gasteiger charge is 2.31. The number of aliphatic hydroxyl groups excluding tert-OH is 1. The normalized spacial score (nSPS) is 15.2. The van der Waals surface area contributed by atoms with Crippen molar-refractivity contribution in [2.45, 2.75) is 6.10 Å². The Bertz CT molecular complexity index is 469. The fourth-order valence-corrected chi connectivity index (χ4v) is 1.86. The Labute approximate surface area is 105 Å². The Hall–Kier alpha value is -1.95. The highest BCUT2D eigenvalue weighted by Crippen LogP contribution is 2.32. The van der Waals surface area contributed by atoms with E-state index in [-0.39, 0.29) is 11.6 Å². The molecule has 0 bridgehead atoms. The van der Waals surface area contributed by atoms with Gasteiger partial charge in [0, 0.05) is 19.2 Å². The third kappa shape index (κ3) is 2.06. The number of ether oxygens (including phenoxy) is 2. The van der Waals surface area contributed by atoms with Crippen molar-refractivity contribution in [1.82, 2.24) is 4.90 Å². The summed E-state index contributed by atoms with van der Waals surface area (Å²) in [6, 6.07) is 3.20. The number of nitrogens with two attached hydrogens (primary N) is 1. The number of likely N-dealkylation sites (tertiary alicyclic amines) is 1. The van der Waals surface area contributed by atoms with Crippen molar-refractivity contribution in [3.63, 3.8) is 0 Å². The molecule has 3 N–H and O–H groups in total. The number of amides is 1. The Morgan fingerprint density at radius 1 is 1.39 bits per heavy atom. The molecular formula is C12H16N2O4. The van der Waals surface area contributed by atoms with Gasteiger partial charge in [0.2, 0.25) is 0 Å². The first-order valence-electron chi connectivity index (χ1n) is 5.55. The van der Waals surface area contributed by atoms with Gasteiger partial charge in [-0.1, -0.05) is 0 Å². The smallest absolute Gasteiger partial charge is 0.256 e. The molecule has 1 aliphatic heterocycles. The molecule has 0 radical (unpaired) electrons. The van der Waals surface area contributed by atoms with Crippen LogP contribution in [-0.4, -0.2) is 49.3 Å². The number of carbonyl (C=O) groups excluding carboxylic acids is 1. The largest absolute Gasteiger partial charge is 0.497 e. The van der Waals surface area contributed by atoms with Gasteiger partial charge in [-0.15, -0.1) is 0 Å². The van der Waals surface area contributed by atoms with Crippen LogP contribution in [0.5, 0.6) is 11.5 Å². The van der Waals surface area contributed by atoms with E-state index in [0.717, 1.165) is 0 Å². The molecular weight excluding hydrogens is 236 g/mol. The standard InChI is InChI=1S/C12H16N2O4/c1-17-8-3-9(11(13)10(4-8)18-2)12(16)14-5-7(15)6-14/h3-4,7,15H,5-6,13H2,1-2H3. The predicted octanol–water partition coefficient (Wildman–Crippen LogP) is 0.103. The van der Waals surface area contributed by atoms with Gasteiger partial charge < -0.3 is 25.2 Å². The average Bonchev–Trinajstić information content (AvgIpc) is 2.34. The van der Waals surface area contributed by atoms with Gasteiger partial charge in [0.25, 0.3) is 5.91 Å². The molecule has 0 spiro atoms. The highest BCUT2D eigenvalue weighted by atomic mass is 16.5. The van der Waals surface area contributed by atoms with Crippen LogP contribution in [0.1, 0.15) is 10.4 Å². The van der Waals surface area contributed by atoms with Crippen molar-refractivity contribution < 1.29 is 19.4 Å². The van der Waals surface area contributed by atoms with E-state index in [9.17, 15) is 9.90 Å². The number of nitrogens with zero attached hydrogens (tertiary/aromatic N) is 1. The summed E-state index contributed by atoms with van der Waals surface area (Å²) in [6.07, 6.45) is -0.442. The molecule has 0 unspecified atom stereocenters. The molecule has 0 aliphatic carbocycles. The summed E-state index contributed by atoms with van der Waals surface area (Å²) in [4.78, 5) is 13.7. The van der Waals surface area contributed by atoms with Gasteiger partial charge in [-0.2, -0.15) is 0 Å². The van der Waals surface area contributed by atoms with E-state index in [4.69, 9.17) is 15.2 Å². The molecule has 0 saturated carbocycles. The molecule has 6 heteroatoms. The number of rotatable bonds is 3. The summed E-state index contributed by atoms with van der Waals surface area (Å²) < 4.78 is 10.2. The predicted molar refractivity (Wildman–Crippen MR) is 65.9 cm³/mol. The minimum absolute atomic E-state index is 0.227. The number of hydrogen-bond donors (Lipinski definition) is 2. The molecule has 1 aromatic carbocycles. The van der Waals surface area contributed by atoms with Gasteiger partial charge in [-0.3, -0.25) is 4.79 Å². The molecule has 18 heavy (non-hydrogen) atoms. The highest BCUT2D eigenvalue weighted by molar-refractivity contribution is 6.01. The minimum atomic E-state index is -0.442. The van der Waals surface area contributed by atoms with E-state index in [2.05, 4.69) is 0 Å². The molecule has 98 valence electrons. The topological polar surface area (TPSA) is 85.0 Å². The van der Waals surface area contributed by atoms with Crippen LogP contribution in [0.15, 0.2) is 12.1 Å². The Kier molecular flexibility index (Phi) is 3.29. The number of benzene rings is 1. The number of β-amino-alcohol motifs (C(OH)–C–C–N with tert-alkyl or cyclic N) is 1. The van der Waals surface area contributed by atoms with Crippen LogP contribution in [0.3, 0.4) is 0 Å². The number of methoxy groups -OCH3 is 2. The lowest BCUT2D eigenvalue weighted by atomic mass is 10.1. The van der Waals surface area contributed by atoms with Gasteiger partial charge in [0.15, 0.2) is 0 Å². The maximum Gasteiger partial charge on any atom is 0.256 e. The molecule has 6 nitrogen and oxygen atoms in total. The molecule has 1 saturated heterocycles. The average molecular weight is 252 g/mol. The summed E-state index contributed by atoms with van der Waals surface area (Å²) in [6.45, 7) is 0.662. The van der Waals surface area contributed by atoms with Gasteiger partial charge >= 0.3 is 0 Å². The Morgan fingerprint density at radius 2 is 2.06 bits per heavy atom. The first kappa shape index (κ1) is 12.5. The molecule has 1 fully saturated rings. The monoisotopic (exact) mass is 252 g/mol. The number of carbonyl (C=O) groups is 1. The fourth-order valence-electron chi connectivity index (χ4n) is 1.86. The molecule has 0 aromatic heterocycles. The second-order valence-electron chi connectivity index (χ2n) is 4.15. The van der Waals surface area contributed by atoms with Gasteiger partial charge in [-0.05, 0) is 6.07 Å². The van der Waals surface area contributed by atoms with E-state index in [1.54, 1.807) is 12.1 Å². The molecule has 1 aromatic rings. The van der Waals surface area contributed by atoms with E-state index in [1.807, 2.05) is 0 Å². The van der Waals surface area contributed by atoms with Gasteiger partial charge in [-0.25, -0.2) is 0 Å². The third-order valence-electron chi connectivity index (χ3n) is 2.95. The van der Waals surface area contributed by atoms with E-state index in [0.29, 0.717) is 30.2 Å². The van der Waals surface area contributed by atoms with Crippen molar-refractivity contribution in [3.05, 3.63) is 17.7 Å². The summed E-state index contributed by atoms with van der Waals surface area (Å²) >= 11 is 0. The summed E-state index contributed by atoms with van der Waals surface area (Å²) in [5.74, 6) is 0.680. The fraction of sp³-hybridized carbons (Fsp3) is 0.417. The summed E-state index contributed by atoms with van der Waals surface area (Å²) in [5.41, 5.74) is 6.49. The molecule has 0 atom stereocenters. The van der Waals surface area contributed by atoms with Crippen LogP contribution in [-0.2, 0) is 0 Å². The SMILES string of the molecule is COc1cc(OC)c(N)c(C(=O)N2CC(O)C2)c1. The lowest BCUT2D eigenvalue weighted by Gasteiger charge is -2.36. The van der Waals surface area contributed by atoms with Crippen LogP contribution in [0.2, 0.25) is 0 Å². The number of aliphatic hydroxyl groups is 1. The van der Waals surface area contributed by atoms with Gasteiger partial charge in [0.05, 0.1) is 31.6 Å². The zero-order chi connectivity index (χ0) is 13.3. The van der Waals surface area contributed by atoms with Crippen molar-refractivity contribution in [1.29, 1.82) is 0 Å². The van der Waals surface area contributed by atoms with Crippen molar-refractivity contribution in [2.24, 2.45) is 0 Å². The lowest BCUT2D eigenvalue weighted by Crippen LogP contribution is -2.53. The second-order valence-corrected chi connectivity index (χ2v) is 4.15. The van der Waals surface area contributed by atoms with Crippen LogP contribution in [0.25, 0.3) is 0 Å². The maximum atomic E-state index is 12.2. The summed E-state index contributed by atoms with van der Waals surface area (Å²) in [7, 11) is 2.99. The van der Waals surface area contributed by atoms with Crippen molar-refractivity contribution >= 4 is 11.6 Å². The van der Waals surface area contributed by atoms with E-state index >= 15 is 0 Å². The van der Waals surface area contributed by atoms with Crippen LogP contribution in [0.4, 0.5) is 5.69 Å². The lowest BCUT2D eigenvalue weighted by molar-refractivity contribution is 0.00593. The third-order valence-corrected chi connectivity index (χ3v) is 2.95. The minimum Gasteiger partial charge on any atom is -0.497 e. The van der Waals surface area contributed by atoms with Crippen LogP contribution < -0.4 is 15.2 Å². The second kappa shape index (κ2) is 4.73.